The van der Waals surface area contributed by atoms with Gasteiger partial charge in [0, 0.05) is 29.9 Å². The molecule has 1 N–H and O–H groups in total. The van der Waals surface area contributed by atoms with Crippen LogP contribution < -0.4 is 0 Å². The van der Waals surface area contributed by atoms with Crippen molar-refractivity contribution < 1.29 is 5.11 Å². The molecule has 0 amide bonds. The number of nitrogens with zero attached hydrogens (tertiary/aromatic N) is 2. The van der Waals surface area contributed by atoms with Crippen molar-refractivity contribution >= 4 is 11.8 Å². The van der Waals surface area contributed by atoms with E-state index in [0.29, 0.717) is 5.25 Å². The average Bonchev–Trinajstić information content (AvgIpc) is 2.57. The standard InChI is InChI=1S/C8H14N2OS/c1-8(7-11)12-6-5-10-4-2-3-9-10/h2-4,8,11H,5-7H2,1H3. The highest BCUT2D eigenvalue weighted by atomic mass is 32.2. The average molecular weight is 186 g/mol. The summed E-state index contributed by atoms with van der Waals surface area (Å²) in [6.07, 6.45) is 3.73. The molecule has 12 heavy (non-hydrogen) atoms. The monoisotopic (exact) mass is 186 g/mol. The quantitative estimate of drug-likeness (QED) is 0.745. The second kappa shape index (κ2) is 5.22. The van der Waals surface area contributed by atoms with Crippen molar-refractivity contribution in [2.75, 3.05) is 12.4 Å². The fourth-order valence-corrected chi connectivity index (χ4v) is 1.63. The first kappa shape index (κ1) is 9.61. The topological polar surface area (TPSA) is 38.0 Å². The molecule has 0 bridgehead atoms. The van der Waals surface area contributed by atoms with E-state index in [-0.39, 0.29) is 6.61 Å². The zero-order valence-corrected chi connectivity index (χ0v) is 8.00. The Morgan fingerprint density at radius 2 is 2.50 bits per heavy atom. The maximum atomic E-state index is 8.75. The van der Waals surface area contributed by atoms with Gasteiger partial charge in [0.15, 0.2) is 0 Å². The molecule has 0 aliphatic carbocycles. The molecule has 0 fully saturated rings. The molecule has 0 radical (unpaired) electrons. The molecule has 0 aromatic carbocycles. The van der Waals surface area contributed by atoms with Crippen molar-refractivity contribution in [1.29, 1.82) is 0 Å². The zero-order chi connectivity index (χ0) is 8.81. The summed E-state index contributed by atoms with van der Waals surface area (Å²) in [7, 11) is 0. The Balaban J connectivity index is 2.11. The van der Waals surface area contributed by atoms with Crippen LogP contribution >= 0.6 is 11.8 Å². The van der Waals surface area contributed by atoms with E-state index in [1.54, 1.807) is 18.0 Å². The third-order valence-electron chi connectivity index (χ3n) is 1.54. The second-order valence-electron chi connectivity index (χ2n) is 2.63. The zero-order valence-electron chi connectivity index (χ0n) is 7.18. The van der Waals surface area contributed by atoms with Crippen LogP contribution in [0.1, 0.15) is 6.92 Å². The van der Waals surface area contributed by atoms with Gasteiger partial charge < -0.3 is 5.11 Å². The molecule has 1 unspecified atom stereocenters. The number of aromatic nitrogens is 2. The number of aryl methyl sites for hydroxylation is 1. The summed E-state index contributed by atoms with van der Waals surface area (Å²) in [6, 6.07) is 1.92. The van der Waals surface area contributed by atoms with E-state index < -0.39 is 0 Å². The molecule has 68 valence electrons. The third-order valence-corrected chi connectivity index (χ3v) is 2.68. The number of aliphatic hydroxyl groups excluding tert-OH is 1. The Kier molecular flexibility index (Phi) is 4.18. The van der Waals surface area contributed by atoms with Gasteiger partial charge >= 0.3 is 0 Å². The van der Waals surface area contributed by atoms with Gasteiger partial charge in [0.1, 0.15) is 0 Å². The van der Waals surface area contributed by atoms with Crippen molar-refractivity contribution in [3.8, 4) is 0 Å². The molecular weight excluding hydrogens is 172 g/mol. The first-order chi connectivity index (χ1) is 5.83. The molecule has 1 heterocycles. The molecule has 1 atom stereocenters. The lowest BCUT2D eigenvalue weighted by atomic mass is 10.5. The summed E-state index contributed by atoms with van der Waals surface area (Å²) in [5.41, 5.74) is 0. The summed E-state index contributed by atoms with van der Waals surface area (Å²) >= 11 is 1.76. The van der Waals surface area contributed by atoms with Crippen molar-refractivity contribution in [2.45, 2.75) is 18.7 Å². The van der Waals surface area contributed by atoms with E-state index >= 15 is 0 Å². The maximum Gasteiger partial charge on any atom is 0.0547 e. The van der Waals surface area contributed by atoms with Crippen LogP contribution in [0.3, 0.4) is 0 Å². The fraction of sp³-hybridized carbons (Fsp3) is 0.625. The highest BCUT2D eigenvalue weighted by Gasteiger charge is 1.99. The highest BCUT2D eigenvalue weighted by Crippen LogP contribution is 2.09. The lowest BCUT2D eigenvalue weighted by molar-refractivity contribution is 0.300. The lowest BCUT2D eigenvalue weighted by Gasteiger charge is -2.06. The van der Waals surface area contributed by atoms with E-state index in [9.17, 15) is 0 Å². The SMILES string of the molecule is CC(CO)SCCn1cccn1. The molecule has 0 spiro atoms. The van der Waals surface area contributed by atoms with Crippen LogP contribution in [0.2, 0.25) is 0 Å². The minimum atomic E-state index is 0.254. The van der Waals surface area contributed by atoms with Gasteiger partial charge in [-0.3, -0.25) is 4.68 Å². The van der Waals surface area contributed by atoms with E-state index in [0.717, 1.165) is 12.3 Å². The molecule has 0 aliphatic rings. The number of aliphatic hydroxyl groups is 1. The van der Waals surface area contributed by atoms with Crippen molar-refractivity contribution in [3.05, 3.63) is 18.5 Å². The highest BCUT2D eigenvalue weighted by molar-refractivity contribution is 7.99. The molecule has 3 nitrogen and oxygen atoms in total. The van der Waals surface area contributed by atoms with Gasteiger partial charge in [-0.15, -0.1) is 0 Å². The molecule has 1 aromatic rings. The van der Waals surface area contributed by atoms with E-state index in [1.807, 2.05) is 23.9 Å². The van der Waals surface area contributed by atoms with E-state index in [2.05, 4.69) is 5.10 Å². The van der Waals surface area contributed by atoms with Crippen molar-refractivity contribution in [2.24, 2.45) is 0 Å². The van der Waals surface area contributed by atoms with Crippen LogP contribution in [-0.4, -0.2) is 32.5 Å². The minimum Gasteiger partial charge on any atom is -0.395 e. The second-order valence-corrected chi connectivity index (χ2v) is 4.18. The van der Waals surface area contributed by atoms with Crippen LogP contribution in [0, 0.1) is 0 Å². The van der Waals surface area contributed by atoms with Gasteiger partial charge in [0.25, 0.3) is 0 Å². The predicted molar refractivity (Wildman–Crippen MR) is 51.2 cm³/mol. The summed E-state index contributed by atoms with van der Waals surface area (Å²) in [6.45, 7) is 3.19. The third kappa shape index (κ3) is 3.28. The van der Waals surface area contributed by atoms with Gasteiger partial charge in [-0.1, -0.05) is 6.92 Å². The van der Waals surface area contributed by atoms with Crippen LogP contribution in [0.25, 0.3) is 0 Å². The van der Waals surface area contributed by atoms with Gasteiger partial charge in [-0.25, -0.2) is 0 Å². The Labute approximate surface area is 76.8 Å². The van der Waals surface area contributed by atoms with Crippen LogP contribution in [0.4, 0.5) is 0 Å². The van der Waals surface area contributed by atoms with E-state index in [4.69, 9.17) is 5.11 Å². The summed E-state index contributed by atoms with van der Waals surface area (Å²) in [5, 5.41) is 13.2. The molecule has 0 saturated carbocycles. The fourth-order valence-electron chi connectivity index (χ4n) is 0.833. The summed E-state index contributed by atoms with van der Waals surface area (Å²) < 4.78 is 1.90. The van der Waals surface area contributed by atoms with Gasteiger partial charge in [-0.05, 0) is 6.07 Å². The molecular formula is C8H14N2OS. The first-order valence-corrected chi connectivity index (χ1v) is 5.07. The largest absolute Gasteiger partial charge is 0.395 e. The maximum absolute atomic E-state index is 8.75. The van der Waals surface area contributed by atoms with Crippen LogP contribution in [0.5, 0.6) is 0 Å². The lowest BCUT2D eigenvalue weighted by Crippen LogP contribution is -2.07. The molecule has 0 saturated heterocycles. The summed E-state index contributed by atoms with van der Waals surface area (Å²) in [4.78, 5) is 0. The Bertz CT molecular complexity index is 201. The van der Waals surface area contributed by atoms with Crippen LogP contribution in [-0.2, 0) is 6.54 Å². The molecule has 1 aromatic heterocycles. The Morgan fingerprint density at radius 1 is 1.67 bits per heavy atom. The molecule has 1 rings (SSSR count). The molecule has 4 heteroatoms. The minimum absolute atomic E-state index is 0.254. The predicted octanol–water partition coefficient (Wildman–Crippen LogP) is 0.997. The number of thioether (sulfide) groups is 1. The first-order valence-electron chi connectivity index (χ1n) is 4.03. The number of rotatable bonds is 5. The number of hydrogen-bond donors (Lipinski definition) is 1. The van der Waals surface area contributed by atoms with E-state index in [1.165, 1.54) is 0 Å². The molecule has 0 aliphatic heterocycles. The Morgan fingerprint density at radius 3 is 3.08 bits per heavy atom. The smallest absolute Gasteiger partial charge is 0.0547 e. The normalized spacial score (nSPS) is 13.2. The van der Waals surface area contributed by atoms with Crippen molar-refractivity contribution in [1.82, 2.24) is 9.78 Å². The van der Waals surface area contributed by atoms with Gasteiger partial charge in [0.05, 0.1) is 6.61 Å². The Hall–Kier alpha value is -0.480. The van der Waals surface area contributed by atoms with Gasteiger partial charge in [0.2, 0.25) is 0 Å². The number of hydrogen-bond acceptors (Lipinski definition) is 3. The van der Waals surface area contributed by atoms with Gasteiger partial charge in [-0.2, -0.15) is 16.9 Å². The summed E-state index contributed by atoms with van der Waals surface area (Å²) in [5.74, 6) is 1.00. The van der Waals surface area contributed by atoms with Crippen molar-refractivity contribution in [3.63, 3.8) is 0 Å². The van der Waals surface area contributed by atoms with Crippen LogP contribution in [0.15, 0.2) is 18.5 Å².